The lowest BCUT2D eigenvalue weighted by molar-refractivity contribution is -0.117. The number of aryl methyl sites for hydroxylation is 1. The van der Waals surface area contributed by atoms with Crippen molar-refractivity contribution in [1.82, 2.24) is 9.80 Å². The van der Waals surface area contributed by atoms with Gasteiger partial charge in [0.1, 0.15) is 16.4 Å². The molecule has 1 fully saturated rings. The first-order valence-electron chi connectivity index (χ1n) is 11.3. The summed E-state index contributed by atoms with van der Waals surface area (Å²) in [5.41, 5.74) is 2.96. The highest BCUT2D eigenvalue weighted by Gasteiger charge is 2.26. The Labute approximate surface area is 213 Å². The predicted molar refractivity (Wildman–Crippen MR) is 138 cm³/mol. The summed E-state index contributed by atoms with van der Waals surface area (Å²) in [6.45, 7) is 5.77. The van der Waals surface area contributed by atoms with E-state index in [1.165, 1.54) is 30.6 Å². The second-order valence-corrected chi connectivity index (χ2v) is 10.1. The SMILES string of the molecule is COC(=O)c1c(NC(=O)CN2CCN(Cc3ccc(F)cc3Cl)CC2)sc(C)c1-c1ccccc1. The van der Waals surface area contributed by atoms with E-state index in [0.29, 0.717) is 22.1 Å². The lowest BCUT2D eigenvalue weighted by Gasteiger charge is -2.34. The summed E-state index contributed by atoms with van der Waals surface area (Å²) < 4.78 is 18.3. The first-order valence-corrected chi connectivity index (χ1v) is 12.5. The van der Waals surface area contributed by atoms with Crippen LogP contribution in [0.15, 0.2) is 48.5 Å². The van der Waals surface area contributed by atoms with Crippen LogP contribution >= 0.6 is 22.9 Å². The van der Waals surface area contributed by atoms with E-state index in [1.807, 2.05) is 37.3 Å². The number of halogens is 2. The van der Waals surface area contributed by atoms with Crippen LogP contribution in [0.1, 0.15) is 20.8 Å². The first kappa shape index (κ1) is 25.3. The number of carbonyl (C=O) groups is 2. The molecule has 0 spiro atoms. The summed E-state index contributed by atoms with van der Waals surface area (Å²) in [5, 5.41) is 3.87. The van der Waals surface area contributed by atoms with Gasteiger partial charge in [0.25, 0.3) is 0 Å². The number of nitrogens with one attached hydrogen (secondary N) is 1. The van der Waals surface area contributed by atoms with Gasteiger partial charge in [0.2, 0.25) is 5.91 Å². The minimum Gasteiger partial charge on any atom is -0.465 e. The average molecular weight is 516 g/mol. The van der Waals surface area contributed by atoms with Crippen molar-refractivity contribution >= 4 is 39.8 Å². The van der Waals surface area contributed by atoms with Crippen LogP contribution in [0.4, 0.5) is 9.39 Å². The van der Waals surface area contributed by atoms with E-state index in [-0.39, 0.29) is 18.3 Å². The fourth-order valence-corrected chi connectivity index (χ4v) is 5.56. The second kappa shape index (κ2) is 11.3. The topological polar surface area (TPSA) is 61.9 Å². The van der Waals surface area contributed by atoms with Crippen molar-refractivity contribution in [3.63, 3.8) is 0 Å². The van der Waals surface area contributed by atoms with Crippen LogP contribution in [0, 0.1) is 12.7 Å². The molecule has 184 valence electrons. The van der Waals surface area contributed by atoms with Crippen molar-refractivity contribution in [2.24, 2.45) is 0 Å². The highest BCUT2D eigenvalue weighted by molar-refractivity contribution is 7.17. The van der Waals surface area contributed by atoms with E-state index in [9.17, 15) is 14.0 Å². The fraction of sp³-hybridized carbons (Fsp3) is 0.308. The van der Waals surface area contributed by atoms with Crippen molar-refractivity contribution in [2.45, 2.75) is 13.5 Å². The summed E-state index contributed by atoms with van der Waals surface area (Å²) in [6, 6.07) is 14.1. The van der Waals surface area contributed by atoms with Crippen LogP contribution < -0.4 is 5.32 Å². The number of piperazine rings is 1. The van der Waals surface area contributed by atoms with Gasteiger partial charge in [0, 0.05) is 48.2 Å². The van der Waals surface area contributed by atoms with E-state index in [0.717, 1.165) is 47.7 Å². The third kappa shape index (κ3) is 6.08. The number of esters is 1. The molecule has 1 N–H and O–H groups in total. The maximum atomic E-state index is 13.3. The number of anilines is 1. The average Bonchev–Trinajstić information content (AvgIpc) is 3.17. The van der Waals surface area contributed by atoms with Crippen molar-refractivity contribution in [1.29, 1.82) is 0 Å². The number of hydrogen-bond donors (Lipinski definition) is 1. The minimum absolute atomic E-state index is 0.175. The molecule has 3 aromatic rings. The molecule has 1 saturated heterocycles. The number of ether oxygens (including phenoxy) is 1. The molecule has 9 heteroatoms. The Morgan fingerprint density at radius 3 is 2.43 bits per heavy atom. The molecule has 2 heterocycles. The molecule has 4 rings (SSSR count). The molecule has 1 amide bonds. The molecule has 1 aliphatic rings. The van der Waals surface area contributed by atoms with Gasteiger partial charge < -0.3 is 10.1 Å². The van der Waals surface area contributed by atoms with Crippen molar-refractivity contribution in [2.75, 3.05) is 45.2 Å². The number of amides is 1. The molecule has 0 radical (unpaired) electrons. The highest BCUT2D eigenvalue weighted by Crippen LogP contribution is 2.40. The van der Waals surface area contributed by atoms with Gasteiger partial charge >= 0.3 is 5.97 Å². The molecule has 0 bridgehead atoms. The molecular formula is C26H27ClFN3O3S. The maximum absolute atomic E-state index is 13.3. The number of benzene rings is 2. The monoisotopic (exact) mass is 515 g/mol. The Morgan fingerprint density at radius 2 is 1.77 bits per heavy atom. The molecule has 1 aromatic heterocycles. The number of rotatable bonds is 7. The van der Waals surface area contributed by atoms with Crippen molar-refractivity contribution < 1.29 is 18.7 Å². The van der Waals surface area contributed by atoms with Gasteiger partial charge in [0.15, 0.2) is 0 Å². The standard InChI is InChI=1S/C26H27ClFN3O3S/c1-17-23(18-6-4-3-5-7-18)24(26(33)34-2)25(35-17)29-22(32)16-31-12-10-30(11-13-31)15-19-8-9-20(28)14-21(19)27/h3-9,14H,10-13,15-16H2,1-2H3,(H,29,32). The van der Waals surface area contributed by atoms with Crippen LogP contribution in [-0.4, -0.2) is 61.5 Å². The molecule has 35 heavy (non-hydrogen) atoms. The molecule has 0 atom stereocenters. The number of methoxy groups -OCH3 is 1. The van der Waals surface area contributed by atoms with Gasteiger partial charge in [-0.3, -0.25) is 14.6 Å². The third-order valence-electron chi connectivity index (χ3n) is 6.03. The Kier molecular flexibility index (Phi) is 8.18. The van der Waals surface area contributed by atoms with E-state index < -0.39 is 5.97 Å². The first-order chi connectivity index (χ1) is 16.9. The molecule has 1 aliphatic heterocycles. The van der Waals surface area contributed by atoms with Crippen LogP contribution in [0.3, 0.4) is 0 Å². The zero-order valence-electron chi connectivity index (χ0n) is 19.6. The Hall–Kier alpha value is -2.78. The molecule has 0 saturated carbocycles. The van der Waals surface area contributed by atoms with Crippen molar-refractivity contribution in [3.05, 3.63) is 75.4 Å². The van der Waals surface area contributed by atoms with Crippen LogP contribution in [0.5, 0.6) is 0 Å². The van der Waals surface area contributed by atoms with E-state index >= 15 is 0 Å². The lowest BCUT2D eigenvalue weighted by atomic mass is 10.0. The summed E-state index contributed by atoms with van der Waals surface area (Å²) in [7, 11) is 1.34. The molecule has 0 aliphatic carbocycles. The molecular weight excluding hydrogens is 489 g/mol. The van der Waals surface area contributed by atoms with E-state index in [1.54, 1.807) is 6.07 Å². The normalized spacial score (nSPS) is 14.6. The quantitative estimate of drug-likeness (QED) is 0.446. The summed E-state index contributed by atoms with van der Waals surface area (Å²) in [5.74, 6) is -0.996. The predicted octanol–water partition coefficient (Wildman–Crippen LogP) is 5.06. The van der Waals surface area contributed by atoms with Crippen LogP contribution in [0.25, 0.3) is 11.1 Å². The molecule has 2 aromatic carbocycles. The third-order valence-corrected chi connectivity index (χ3v) is 7.40. The lowest BCUT2D eigenvalue weighted by Crippen LogP contribution is -2.48. The van der Waals surface area contributed by atoms with Gasteiger partial charge in [-0.1, -0.05) is 48.0 Å². The van der Waals surface area contributed by atoms with Gasteiger partial charge in [0.05, 0.1) is 13.7 Å². The maximum Gasteiger partial charge on any atom is 0.341 e. The number of thiophene rings is 1. The van der Waals surface area contributed by atoms with Crippen molar-refractivity contribution in [3.8, 4) is 11.1 Å². The number of hydrogen-bond acceptors (Lipinski definition) is 6. The smallest absolute Gasteiger partial charge is 0.341 e. The molecule has 0 unspecified atom stereocenters. The molecule has 6 nitrogen and oxygen atoms in total. The van der Waals surface area contributed by atoms with Crippen LogP contribution in [-0.2, 0) is 16.1 Å². The van der Waals surface area contributed by atoms with Gasteiger partial charge in [-0.2, -0.15) is 0 Å². The second-order valence-electron chi connectivity index (χ2n) is 8.43. The van der Waals surface area contributed by atoms with E-state index in [2.05, 4.69) is 15.1 Å². The van der Waals surface area contributed by atoms with Gasteiger partial charge in [-0.05, 0) is 30.2 Å². The summed E-state index contributed by atoms with van der Waals surface area (Å²) in [4.78, 5) is 30.8. The highest BCUT2D eigenvalue weighted by atomic mass is 35.5. The van der Waals surface area contributed by atoms with Crippen LogP contribution in [0.2, 0.25) is 5.02 Å². The zero-order chi connectivity index (χ0) is 24.9. The Morgan fingerprint density at radius 1 is 1.09 bits per heavy atom. The van der Waals surface area contributed by atoms with E-state index in [4.69, 9.17) is 16.3 Å². The Bertz CT molecular complexity index is 1210. The fourth-order valence-electron chi connectivity index (χ4n) is 4.25. The number of carbonyl (C=O) groups excluding carboxylic acids is 2. The largest absolute Gasteiger partial charge is 0.465 e. The minimum atomic E-state index is -0.475. The zero-order valence-corrected chi connectivity index (χ0v) is 21.2. The summed E-state index contributed by atoms with van der Waals surface area (Å²) in [6.07, 6.45) is 0. The van der Waals surface area contributed by atoms with Gasteiger partial charge in [-0.15, -0.1) is 11.3 Å². The van der Waals surface area contributed by atoms with Gasteiger partial charge in [-0.25, -0.2) is 9.18 Å². The summed E-state index contributed by atoms with van der Waals surface area (Å²) >= 11 is 7.53. The number of nitrogens with zero attached hydrogens (tertiary/aromatic N) is 2. The Balaban J connectivity index is 1.38.